The highest BCUT2D eigenvalue weighted by Crippen LogP contribution is 2.20. The van der Waals surface area contributed by atoms with Crippen LogP contribution in [0, 0.1) is 0 Å². The van der Waals surface area contributed by atoms with E-state index in [0.29, 0.717) is 24.4 Å². The lowest BCUT2D eigenvalue weighted by molar-refractivity contribution is 0.0958. The molecule has 2 N–H and O–H groups in total. The Morgan fingerprint density at radius 2 is 2.17 bits per heavy atom. The molecular weight excluding hydrogens is 382 g/mol. The van der Waals surface area contributed by atoms with Crippen molar-refractivity contribution in [3.63, 3.8) is 0 Å². The number of aromatic nitrogens is 3. The normalized spacial score (nSPS) is 16.7. The van der Waals surface area contributed by atoms with Gasteiger partial charge in [-0.2, -0.15) is 0 Å². The predicted molar refractivity (Wildman–Crippen MR) is 114 cm³/mol. The van der Waals surface area contributed by atoms with Gasteiger partial charge in [0.15, 0.2) is 0 Å². The molecule has 4 heterocycles. The minimum Gasteiger partial charge on any atom is -0.487 e. The molecule has 0 spiro atoms. The topological polar surface area (TPSA) is 100 Å². The number of fused-ring (bicyclic) bond motifs is 1. The SMILES string of the molecule is CCc1cc2cnc(CN3CC[C@@H](Oc4ccc(C(=O)NC)nc4)C3)cc2[nH]c1=O. The number of rotatable bonds is 6. The lowest BCUT2D eigenvalue weighted by Gasteiger charge is -2.17. The lowest BCUT2D eigenvalue weighted by Crippen LogP contribution is -2.25. The Hall–Kier alpha value is -3.26. The summed E-state index contributed by atoms with van der Waals surface area (Å²) in [6, 6.07) is 7.29. The Balaban J connectivity index is 1.38. The molecule has 0 bridgehead atoms. The van der Waals surface area contributed by atoms with Crippen LogP contribution in [0.2, 0.25) is 0 Å². The van der Waals surface area contributed by atoms with Gasteiger partial charge >= 0.3 is 0 Å². The van der Waals surface area contributed by atoms with E-state index in [1.807, 2.05) is 25.3 Å². The molecule has 8 nitrogen and oxygen atoms in total. The Bertz CT molecular complexity index is 1110. The number of nitrogens with zero attached hydrogens (tertiary/aromatic N) is 3. The van der Waals surface area contributed by atoms with Crippen LogP contribution >= 0.6 is 0 Å². The molecule has 0 radical (unpaired) electrons. The first-order chi connectivity index (χ1) is 14.6. The third-order valence-corrected chi connectivity index (χ3v) is 5.36. The molecule has 1 amide bonds. The Morgan fingerprint density at radius 3 is 2.90 bits per heavy atom. The quantitative estimate of drug-likeness (QED) is 0.647. The van der Waals surface area contributed by atoms with Crippen molar-refractivity contribution in [1.29, 1.82) is 0 Å². The summed E-state index contributed by atoms with van der Waals surface area (Å²) in [7, 11) is 1.58. The first-order valence-corrected chi connectivity index (χ1v) is 10.1. The Labute approximate surface area is 174 Å². The van der Waals surface area contributed by atoms with E-state index < -0.39 is 0 Å². The number of amides is 1. The second-order valence-electron chi connectivity index (χ2n) is 7.46. The molecule has 0 saturated carbocycles. The number of pyridine rings is 3. The van der Waals surface area contributed by atoms with Crippen LogP contribution in [0.3, 0.4) is 0 Å². The van der Waals surface area contributed by atoms with Gasteiger partial charge in [0, 0.05) is 43.8 Å². The summed E-state index contributed by atoms with van der Waals surface area (Å²) in [4.78, 5) is 37.6. The zero-order chi connectivity index (χ0) is 21.1. The molecule has 0 aromatic carbocycles. The fraction of sp³-hybridized carbons (Fsp3) is 0.364. The largest absolute Gasteiger partial charge is 0.487 e. The first-order valence-electron chi connectivity index (χ1n) is 10.1. The van der Waals surface area contributed by atoms with Crippen LogP contribution in [0.5, 0.6) is 5.75 Å². The van der Waals surface area contributed by atoms with Crippen molar-refractivity contribution in [2.45, 2.75) is 32.4 Å². The molecule has 156 valence electrons. The van der Waals surface area contributed by atoms with E-state index in [9.17, 15) is 9.59 Å². The average Bonchev–Trinajstić information content (AvgIpc) is 3.19. The number of hydrogen-bond donors (Lipinski definition) is 2. The van der Waals surface area contributed by atoms with Crippen molar-refractivity contribution in [3.8, 4) is 5.75 Å². The van der Waals surface area contributed by atoms with Crippen LogP contribution in [0.4, 0.5) is 0 Å². The third-order valence-electron chi connectivity index (χ3n) is 5.36. The van der Waals surface area contributed by atoms with Gasteiger partial charge in [-0.3, -0.25) is 19.5 Å². The molecule has 8 heteroatoms. The molecular formula is C22H25N5O3. The minimum atomic E-state index is -0.219. The summed E-state index contributed by atoms with van der Waals surface area (Å²) in [6.07, 6.45) is 5.07. The Kier molecular flexibility index (Phi) is 5.76. The maximum atomic E-state index is 12.1. The number of carbonyl (C=O) groups excluding carboxylic acids is 1. The van der Waals surface area contributed by atoms with Crippen molar-refractivity contribution in [3.05, 3.63) is 64.0 Å². The van der Waals surface area contributed by atoms with E-state index in [1.54, 1.807) is 25.4 Å². The monoisotopic (exact) mass is 407 g/mol. The maximum Gasteiger partial charge on any atom is 0.269 e. The number of aromatic amines is 1. The van der Waals surface area contributed by atoms with Gasteiger partial charge in [0.25, 0.3) is 11.5 Å². The zero-order valence-electron chi connectivity index (χ0n) is 17.1. The third kappa shape index (κ3) is 4.33. The molecule has 3 aromatic rings. The number of H-pyrrole nitrogens is 1. The van der Waals surface area contributed by atoms with Crippen molar-refractivity contribution >= 4 is 16.8 Å². The van der Waals surface area contributed by atoms with Gasteiger partial charge < -0.3 is 15.0 Å². The molecule has 30 heavy (non-hydrogen) atoms. The lowest BCUT2D eigenvalue weighted by atomic mass is 10.1. The van der Waals surface area contributed by atoms with Crippen molar-refractivity contribution in [2.24, 2.45) is 0 Å². The van der Waals surface area contributed by atoms with Crippen molar-refractivity contribution < 1.29 is 9.53 Å². The van der Waals surface area contributed by atoms with Crippen molar-refractivity contribution in [1.82, 2.24) is 25.2 Å². The van der Waals surface area contributed by atoms with Crippen LogP contribution in [0.1, 0.15) is 35.1 Å². The molecule has 4 rings (SSSR count). The van der Waals surface area contributed by atoms with E-state index >= 15 is 0 Å². The summed E-state index contributed by atoms with van der Waals surface area (Å²) in [5, 5.41) is 3.50. The molecule has 1 aliphatic rings. The minimum absolute atomic E-state index is 0.0344. The van der Waals surface area contributed by atoms with Gasteiger partial charge in [-0.15, -0.1) is 0 Å². The summed E-state index contributed by atoms with van der Waals surface area (Å²) >= 11 is 0. The Morgan fingerprint density at radius 1 is 1.30 bits per heavy atom. The van der Waals surface area contributed by atoms with Gasteiger partial charge in [-0.05, 0) is 37.1 Å². The van der Waals surface area contributed by atoms with Crippen LogP contribution in [-0.4, -0.2) is 52.0 Å². The predicted octanol–water partition coefficient (Wildman–Crippen LogP) is 1.89. The highest BCUT2D eigenvalue weighted by molar-refractivity contribution is 5.92. The van der Waals surface area contributed by atoms with Gasteiger partial charge in [-0.1, -0.05) is 6.92 Å². The fourth-order valence-electron chi connectivity index (χ4n) is 3.71. The number of likely N-dealkylation sites (tertiary alicyclic amines) is 1. The van der Waals surface area contributed by atoms with Crippen molar-refractivity contribution in [2.75, 3.05) is 20.1 Å². The van der Waals surface area contributed by atoms with Crippen LogP contribution in [0.15, 0.2) is 41.5 Å². The fourth-order valence-corrected chi connectivity index (χ4v) is 3.71. The second kappa shape index (κ2) is 8.62. The van der Waals surface area contributed by atoms with Crippen LogP contribution in [-0.2, 0) is 13.0 Å². The second-order valence-corrected chi connectivity index (χ2v) is 7.46. The standard InChI is InChI=1S/C22H25N5O3/c1-3-14-8-15-10-24-16(9-20(15)26-21(14)28)12-27-7-6-18(13-27)30-17-4-5-19(25-11-17)22(29)23-2/h4-5,8-11,18H,3,6-7,12-13H2,1-2H3,(H,23,29)(H,26,28)/t18-/m1/s1. The molecule has 1 fully saturated rings. The van der Waals surface area contributed by atoms with Crippen LogP contribution < -0.4 is 15.6 Å². The molecule has 1 atom stereocenters. The summed E-state index contributed by atoms with van der Waals surface area (Å²) in [5.74, 6) is 0.436. The summed E-state index contributed by atoms with van der Waals surface area (Å²) < 4.78 is 6.02. The van der Waals surface area contributed by atoms with E-state index in [0.717, 1.165) is 41.7 Å². The number of hydrogen-bond acceptors (Lipinski definition) is 6. The number of carbonyl (C=O) groups is 1. The average molecular weight is 407 g/mol. The highest BCUT2D eigenvalue weighted by Gasteiger charge is 2.24. The molecule has 1 saturated heterocycles. The number of nitrogens with one attached hydrogen (secondary N) is 2. The molecule has 0 aliphatic carbocycles. The molecule has 1 aliphatic heterocycles. The smallest absolute Gasteiger partial charge is 0.269 e. The maximum absolute atomic E-state index is 12.1. The van der Waals surface area contributed by atoms with Gasteiger partial charge in [0.2, 0.25) is 0 Å². The molecule has 3 aromatic heterocycles. The molecule has 0 unspecified atom stereocenters. The van der Waals surface area contributed by atoms with E-state index in [2.05, 4.69) is 25.2 Å². The zero-order valence-corrected chi connectivity index (χ0v) is 17.1. The van der Waals surface area contributed by atoms with Crippen LogP contribution in [0.25, 0.3) is 10.9 Å². The number of ether oxygens (including phenoxy) is 1. The summed E-state index contributed by atoms with van der Waals surface area (Å²) in [5.41, 5.74) is 2.84. The van der Waals surface area contributed by atoms with E-state index in [4.69, 9.17) is 4.74 Å². The highest BCUT2D eigenvalue weighted by atomic mass is 16.5. The van der Waals surface area contributed by atoms with Gasteiger partial charge in [0.1, 0.15) is 17.5 Å². The first kappa shape index (κ1) is 20.0. The van der Waals surface area contributed by atoms with E-state index in [-0.39, 0.29) is 17.6 Å². The van der Waals surface area contributed by atoms with E-state index in [1.165, 1.54) is 0 Å². The number of aryl methyl sites for hydroxylation is 1. The van der Waals surface area contributed by atoms with Gasteiger partial charge in [0.05, 0.1) is 17.4 Å². The van der Waals surface area contributed by atoms with Gasteiger partial charge in [-0.25, -0.2) is 4.98 Å². The summed E-state index contributed by atoms with van der Waals surface area (Å²) in [6.45, 7) is 4.35.